The fraction of sp³-hybridized carbons (Fsp3) is 0.348. The SMILES string of the molecule is Cc1cccc(NC(=O)C2CCCN(Cc3nc(-c4ccc(Br)cc4)no3)C2)c1C. The van der Waals surface area contributed by atoms with Crippen LogP contribution < -0.4 is 5.32 Å². The first kappa shape index (κ1) is 20.8. The zero-order valence-corrected chi connectivity index (χ0v) is 18.8. The third-order valence-corrected chi connectivity index (χ3v) is 6.20. The first-order valence-electron chi connectivity index (χ1n) is 10.2. The van der Waals surface area contributed by atoms with Crippen LogP contribution in [0, 0.1) is 19.8 Å². The monoisotopic (exact) mass is 468 g/mol. The number of rotatable bonds is 5. The molecule has 2 heterocycles. The Morgan fingerprint density at radius 3 is 2.83 bits per heavy atom. The van der Waals surface area contributed by atoms with Crippen LogP contribution in [0.5, 0.6) is 0 Å². The van der Waals surface area contributed by atoms with E-state index in [4.69, 9.17) is 4.52 Å². The molecule has 1 fully saturated rings. The summed E-state index contributed by atoms with van der Waals surface area (Å²) in [7, 11) is 0. The zero-order valence-electron chi connectivity index (χ0n) is 17.2. The van der Waals surface area contributed by atoms with Gasteiger partial charge >= 0.3 is 0 Å². The Hall–Kier alpha value is -2.51. The van der Waals surface area contributed by atoms with E-state index in [1.54, 1.807) is 0 Å². The van der Waals surface area contributed by atoms with E-state index in [-0.39, 0.29) is 11.8 Å². The average Bonchev–Trinajstić information content (AvgIpc) is 3.20. The van der Waals surface area contributed by atoms with Crippen molar-refractivity contribution < 1.29 is 9.32 Å². The lowest BCUT2D eigenvalue weighted by atomic mass is 9.96. The first-order valence-corrected chi connectivity index (χ1v) is 11.0. The molecule has 1 N–H and O–H groups in total. The molecule has 1 aliphatic heterocycles. The highest BCUT2D eigenvalue weighted by molar-refractivity contribution is 9.10. The van der Waals surface area contributed by atoms with Gasteiger partial charge in [0.15, 0.2) is 0 Å². The number of carbonyl (C=O) groups is 1. The number of nitrogens with zero attached hydrogens (tertiary/aromatic N) is 3. The van der Waals surface area contributed by atoms with Crippen LogP contribution in [0.2, 0.25) is 0 Å². The van der Waals surface area contributed by atoms with Crippen LogP contribution in [0.1, 0.15) is 29.9 Å². The summed E-state index contributed by atoms with van der Waals surface area (Å²) in [4.78, 5) is 19.6. The van der Waals surface area contributed by atoms with E-state index in [0.717, 1.165) is 40.7 Å². The number of hydrogen-bond acceptors (Lipinski definition) is 5. The fourth-order valence-corrected chi connectivity index (χ4v) is 4.03. The van der Waals surface area contributed by atoms with E-state index in [2.05, 4.69) is 49.3 Å². The Morgan fingerprint density at radius 2 is 2.03 bits per heavy atom. The summed E-state index contributed by atoms with van der Waals surface area (Å²) in [6, 6.07) is 13.8. The maximum absolute atomic E-state index is 12.9. The van der Waals surface area contributed by atoms with E-state index >= 15 is 0 Å². The molecule has 1 aromatic heterocycles. The highest BCUT2D eigenvalue weighted by atomic mass is 79.9. The van der Waals surface area contributed by atoms with Gasteiger partial charge < -0.3 is 9.84 Å². The van der Waals surface area contributed by atoms with Crippen LogP contribution in [0.15, 0.2) is 51.5 Å². The lowest BCUT2D eigenvalue weighted by molar-refractivity contribution is -0.121. The average molecular weight is 469 g/mol. The van der Waals surface area contributed by atoms with Crippen LogP contribution in [0.3, 0.4) is 0 Å². The predicted octanol–water partition coefficient (Wildman–Crippen LogP) is 4.97. The van der Waals surface area contributed by atoms with E-state index in [1.165, 1.54) is 5.56 Å². The van der Waals surface area contributed by atoms with Gasteiger partial charge in [-0.15, -0.1) is 0 Å². The topological polar surface area (TPSA) is 71.3 Å². The van der Waals surface area contributed by atoms with Gasteiger partial charge in [0.1, 0.15) is 0 Å². The molecule has 1 saturated heterocycles. The number of likely N-dealkylation sites (tertiary alicyclic amines) is 1. The molecule has 1 unspecified atom stereocenters. The molecule has 1 aliphatic rings. The Labute approximate surface area is 184 Å². The minimum Gasteiger partial charge on any atom is -0.338 e. The lowest BCUT2D eigenvalue weighted by Gasteiger charge is -2.31. The molecule has 30 heavy (non-hydrogen) atoms. The number of aryl methyl sites for hydroxylation is 1. The smallest absolute Gasteiger partial charge is 0.241 e. The molecule has 0 radical (unpaired) electrons. The molecule has 1 amide bonds. The Balaban J connectivity index is 1.38. The van der Waals surface area contributed by atoms with Gasteiger partial charge in [-0.25, -0.2) is 0 Å². The summed E-state index contributed by atoms with van der Waals surface area (Å²) in [5.41, 5.74) is 4.10. The van der Waals surface area contributed by atoms with Crippen LogP contribution in [-0.2, 0) is 11.3 Å². The fourth-order valence-electron chi connectivity index (χ4n) is 3.76. The summed E-state index contributed by atoms with van der Waals surface area (Å²) in [5.74, 6) is 1.18. The number of halogens is 1. The number of amides is 1. The molecule has 0 bridgehead atoms. The molecule has 2 aromatic carbocycles. The Bertz CT molecular complexity index is 1030. The Morgan fingerprint density at radius 1 is 1.23 bits per heavy atom. The number of aromatic nitrogens is 2. The van der Waals surface area contributed by atoms with E-state index in [1.807, 2.05) is 43.3 Å². The second-order valence-electron chi connectivity index (χ2n) is 7.83. The molecule has 0 spiro atoms. The molecule has 4 rings (SSSR count). The number of piperidine rings is 1. The quantitative estimate of drug-likeness (QED) is 0.572. The van der Waals surface area contributed by atoms with Gasteiger partial charge in [0.2, 0.25) is 17.6 Å². The van der Waals surface area contributed by atoms with Gasteiger partial charge in [-0.3, -0.25) is 9.69 Å². The summed E-state index contributed by atoms with van der Waals surface area (Å²) in [5, 5.41) is 7.22. The van der Waals surface area contributed by atoms with Crippen molar-refractivity contribution in [1.29, 1.82) is 0 Å². The molecule has 3 aromatic rings. The van der Waals surface area contributed by atoms with Crippen molar-refractivity contribution in [3.05, 3.63) is 64.0 Å². The highest BCUT2D eigenvalue weighted by Crippen LogP contribution is 2.24. The van der Waals surface area contributed by atoms with Gasteiger partial charge in [0.25, 0.3) is 0 Å². The minimum atomic E-state index is -0.0486. The number of nitrogens with one attached hydrogen (secondary N) is 1. The highest BCUT2D eigenvalue weighted by Gasteiger charge is 2.27. The second kappa shape index (κ2) is 9.10. The molecule has 6 nitrogen and oxygen atoms in total. The summed E-state index contributed by atoms with van der Waals surface area (Å²) >= 11 is 3.43. The van der Waals surface area contributed by atoms with Gasteiger partial charge in [-0.2, -0.15) is 4.98 Å². The number of hydrogen-bond donors (Lipinski definition) is 1. The normalized spacial score (nSPS) is 17.1. The maximum atomic E-state index is 12.9. The molecular weight excluding hydrogens is 444 g/mol. The van der Waals surface area contributed by atoms with Crippen molar-refractivity contribution in [1.82, 2.24) is 15.0 Å². The van der Waals surface area contributed by atoms with Crippen molar-refractivity contribution >= 4 is 27.5 Å². The van der Waals surface area contributed by atoms with Crippen LogP contribution in [-0.4, -0.2) is 34.0 Å². The van der Waals surface area contributed by atoms with E-state index < -0.39 is 0 Å². The number of benzene rings is 2. The molecule has 0 saturated carbocycles. The van der Waals surface area contributed by atoms with Crippen LogP contribution in [0.25, 0.3) is 11.4 Å². The van der Waals surface area contributed by atoms with Crippen molar-refractivity contribution in [2.75, 3.05) is 18.4 Å². The maximum Gasteiger partial charge on any atom is 0.241 e. The third-order valence-electron chi connectivity index (χ3n) is 5.67. The molecule has 7 heteroatoms. The van der Waals surface area contributed by atoms with Crippen LogP contribution >= 0.6 is 15.9 Å². The largest absolute Gasteiger partial charge is 0.338 e. The molecular formula is C23H25BrN4O2. The second-order valence-corrected chi connectivity index (χ2v) is 8.75. The summed E-state index contributed by atoms with van der Waals surface area (Å²) < 4.78 is 6.47. The van der Waals surface area contributed by atoms with Gasteiger partial charge in [-0.1, -0.05) is 33.2 Å². The summed E-state index contributed by atoms with van der Waals surface area (Å²) in [6.45, 7) is 6.25. The molecule has 156 valence electrons. The van der Waals surface area contributed by atoms with Crippen molar-refractivity contribution in [3.8, 4) is 11.4 Å². The van der Waals surface area contributed by atoms with Crippen molar-refractivity contribution in [3.63, 3.8) is 0 Å². The van der Waals surface area contributed by atoms with Gasteiger partial charge in [0, 0.05) is 22.3 Å². The van der Waals surface area contributed by atoms with Crippen LogP contribution in [0.4, 0.5) is 5.69 Å². The first-order chi connectivity index (χ1) is 14.5. The van der Waals surface area contributed by atoms with Gasteiger partial charge in [0.05, 0.1) is 12.5 Å². The standard InChI is InChI=1S/C23H25BrN4O2/c1-15-5-3-7-20(16(15)2)25-23(29)18-6-4-12-28(13-18)14-21-26-22(27-30-21)17-8-10-19(24)11-9-17/h3,5,7-11,18H,4,6,12-14H2,1-2H3,(H,25,29). The Kier molecular flexibility index (Phi) is 6.29. The third kappa shape index (κ3) is 4.79. The lowest BCUT2D eigenvalue weighted by Crippen LogP contribution is -2.40. The summed E-state index contributed by atoms with van der Waals surface area (Å²) in [6.07, 6.45) is 1.86. The molecule has 1 atom stereocenters. The van der Waals surface area contributed by atoms with Crippen molar-refractivity contribution in [2.24, 2.45) is 5.92 Å². The molecule has 0 aliphatic carbocycles. The minimum absolute atomic E-state index is 0.0486. The predicted molar refractivity (Wildman–Crippen MR) is 120 cm³/mol. The van der Waals surface area contributed by atoms with E-state index in [9.17, 15) is 4.79 Å². The van der Waals surface area contributed by atoms with Crippen molar-refractivity contribution in [2.45, 2.75) is 33.2 Å². The number of anilines is 1. The van der Waals surface area contributed by atoms with E-state index in [0.29, 0.717) is 24.8 Å². The zero-order chi connectivity index (χ0) is 21.1. The van der Waals surface area contributed by atoms with Gasteiger partial charge in [-0.05, 0) is 74.7 Å². The number of carbonyl (C=O) groups excluding carboxylic acids is 1.